The molecule has 0 fully saturated rings. The SMILES string of the molecule is O=C(C=Nc1c(F)c(F)c(F)c(F)c1F)c1cc(-c2ccccc2)[nH]c(=O)c1-c1ccccc1.O=C(C=Nc1c(F)c(F)c(F)c(F)c1F)c1cc(-c2ccccc2)[nH]c(=O)c1-c1ccccc1.[CH3][Cu].[Ni]. The molecule has 8 nitrogen and oxygen atoms in total. The van der Waals surface area contributed by atoms with Crippen LogP contribution in [-0.2, 0) is 32.5 Å². The number of hydrogen-bond donors (Lipinski definition) is 2. The van der Waals surface area contributed by atoms with E-state index in [4.69, 9.17) is 0 Å². The van der Waals surface area contributed by atoms with E-state index >= 15 is 0 Å². The van der Waals surface area contributed by atoms with Crippen LogP contribution in [0.4, 0.5) is 55.3 Å². The standard InChI is InChI=1S/2C25H13F5N2O2.CH3.Cu.Ni/c2*26-19-20(27)22(29)24(23(30)21(19)28)31-12-17(33)15-11-16(13-7-3-1-4-8-13)32-25(34)18(15)14-9-5-2-6-10-14;;;/h2*1-12H,(H,32,34);1H3;;. The summed E-state index contributed by atoms with van der Waals surface area (Å²) in [6.07, 6.45) is 0.822. The van der Waals surface area contributed by atoms with Gasteiger partial charge in [0.05, 0.1) is 23.6 Å². The molecule has 71 heavy (non-hydrogen) atoms. The Balaban J connectivity index is 0.000000252. The van der Waals surface area contributed by atoms with E-state index in [-0.39, 0.29) is 50.1 Å². The third-order valence-electron chi connectivity index (χ3n) is 9.89. The van der Waals surface area contributed by atoms with Crippen molar-refractivity contribution in [1.82, 2.24) is 9.97 Å². The molecule has 0 bridgehead atoms. The Bertz CT molecular complexity index is 3150. The van der Waals surface area contributed by atoms with Gasteiger partial charge in [-0.2, -0.15) is 0 Å². The third kappa shape index (κ3) is 11.8. The molecule has 0 aliphatic carbocycles. The Labute approximate surface area is 413 Å². The molecule has 2 aromatic heterocycles. The first kappa shape index (κ1) is 54.2. The van der Waals surface area contributed by atoms with Gasteiger partial charge in [0.25, 0.3) is 11.1 Å². The predicted octanol–water partition coefficient (Wildman–Crippen LogP) is 12.6. The van der Waals surface area contributed by atoms with Crippen LogP contribution in [0.5, 0.6) is 0 Å². The zero-order valence-corrected chi connectivity index (χ0v) is 37.7. The minimum absolute atomic E-state index is 0. The number of H-pyrrole nitrogens is 2. The van der Waals surface area contributed by atoms with Crippen molar-refractivity contribution in [3.63, 3.8) is 0 Å². The van der Waals surface area contributed by atoms with Crippen molar-refractivity contribution >= 4 is 35.4 Å². The summed E-state index contributed by atoms with van der Waals surface area (Å²) in [4.78, 5) is 63.7. The maximum Gasteiger partial charge on any atom is 0 e. The van der Waals surface area contributed by atoms with E-state index in [1.165, 1.54) is 12.1 Å². The number of nitrogens with one attached hydrogen (secondary N) is 2. The average molecular weight is 1070 g/mol. The molecule has 0 saturated carbocycles. The molecule has 0 amide bonds. The molecule has 0 unspecified atom stereocenters. The second-order valence-electron chi connectivity index (χ2n) is 14.1. The first-order chi connectivity index (χ1) is 33.6. The fourth-order valence-electron chi connectivity index (χ4n) is 6.64. The van der Waals surface area contributed by atoms with E-state index in [9.17, 15) is 63.1 Å². The molecule has 8 aromatic rings. The summed E-state index contributed by atoms with van der Waals surface area (Å²) in [5.74, 6) is -22.6. The molecule has 368 valence electrons. The summed E-state index contributed by atoms with van der Waals surface area (Å²) in [7, 11) is 0. The van der Waals surface area contributed by atoms with Gasteiger partial charge >= 0.3 is 21.8 Å². The number of aromatic amines is 2. The first-order valence-electron chi connectivity index (χ1n) is 19.8. The van der Waals surface area contributed by atoms with Crippen LogP contribution >= 0.6 is 0 Å². The van der Waals surface area contributed by atoms with Crippen LogP contribution in [-0.4, -0.2) is 34.0 Å². The summed E-state index contributed by atoms with van der Waals surface area (Å²) >= 11 is 4.19. The topological polar surface area (TPSA) is 125 Å². The molecule has 0 aliphatic heterocycles. The quantitative estimate of drug-likeness (QED) is 0.0353. The number of carbonyl (C=O) groups is 2. The number of Topliss-reactive ketones (excluding diaryl/α,β-unsaturated/α-hetero) is 2. The van der Waals surface area contributed by atoms with E-state index in [1.807, 2.05) is 0 Å². The number of hydrogen-bond acceptors (Lipinski definition) is 6. The second-order valence-corrected chi connectivity index (χ2v) is 14.1. The van der Waals surface area contributed by atoms with Crippen LogP contribution in [0.25, 0.3) is 44.8 Å². The number of ketones is 2. The molecule has 2 N–H and O–H groups in total. The normalized spacial score (nSPS) is 10.8. The zero-order chi connectivity index (χ0) is 50.8. The van der Waals surface area contributed by atoms with Crippen LogP contribution in [0, 0.1) is 58.2 Å². The van der Waals surface area contributed by atoms with Crippen molar-refractivity contribution in [2.75, 3.05) is 0 Å². The van der Waals surface area contributed by atoms with Crippen LogP contribution in [0.3, 0.4) is 0 Å². The first-order valence-corrected chi connectivity index (χ1v) is 20.8. The van der Waals surface area contributed by atoms with Gasteiger partial charge in [0, 0.05) is 39.0 Å². The summed E-state index contributed by atoms with van der Waals surface area (Å²) < 4.78 is 136. The van der Waals surface area contributed by atoms with Gasteiger partial charge in [-0.1, -0.05) is 121 Å². The number of carbonyl (C=O) groups excluding carboxylic acids is 2. The van der Waals surface area contributed by atoms with Gasteiger partial charge in [-0.3, -0.25) is 19.2 Å². The van der Waals surface area contributed by atoms with Crippen molar-refractivity contribution in [2.24, 2.45) is 9.98 Å². The molecule has 0 saturated heterocycles. The summed E-state index contributed by atoms with van der Waals surface area (Å²) in [5, 5.41) is 0. The van der Waals surface area contributed by atoms with E-state index in [1.54, 1.807) is 127 Å². The second kappa shape index (κ2) is 24.2. The number of pyridine rings is 2. The van der Waals surface area contributed by atoms with E-state index in [0.717, 1.165) is 0 Å². The minimum atomic E-state index is -2.34. The Morgan fingerprint density at radius 1 is 0.408 bits per heavy atom. The number of aromatic nitrogens is 2. The van der Waals surface area contributed by atoms with Crippen molar-refractivity contribution in [2.45, 2.75) is 5.82 Å². The van der Waals surface area contributed by atoms with Crippen LogP contribution in [0.2, 0.25) is 5.82 Å². The van der Waals surface area contributed by atoms with Gasteiger partial charge in [0.2, 0.25) is 23.2 Å². The van der Waals surface area contributed by atoms with Crippen molar-refractivity contribution < 1.29 is 86.0 Å². The van der Waals surface area contributed by atoms with Gasteiger partial charge in [-0.05, 0) is 34.4 Å². The molecule has 0 radical (unpaired) electrons. The zero-order valence-electron chi connectivity index (χ0n) is 35.8. The largest absolute Gasteiger partial charge is 0 e. The molecule has 0 aliphatic rings. The fraction of sp³-hybridized carbons (Fsp3) is 0.0196. The Kier molecular flexibility index (Phi) is 18.4. The monoisotopic (exact) mass is 1070 g/mol. The van der Waals surface area contributed by atoms with Crippen molar-refractivity contribution in [3.05, 3.63) is 223 Å². The number of benzene rings is 6. The molecular formula is C51H29CuF10N4NiO4. The van der Waals surface area contributed by atoms with Crippen LogP contribution < -0.4 is 11.1 Å². The molecule has 0 spiro atoms. The van der Waals surface area contributed by atoms with Crippen molar-refractivity contribution in [1.29, 1.82) is 0 Å². The molecular weight excluding hydrogens is 1040 g/mol. The van der Waals surface area contributed by atoms with E-state index < -0.39 is 92.2 Å². The van der Waals surface area contributed by atoms with Gasteiger partial charge in [0.1, 0.15) is 11.4 Å². The average Bonchev–Trinajstić information content (AvgIpc) is 3.39. The third-order valence-corrected chi connectivity index (χ3v) is 9.89. The Hall–Kier alpha value is -7.79. The number of aliphatic imine (C=N–C) groups is 2. The van der Waals surface area contributed by atoms with Gasteiger partial charge in [-0.25, -0.2) is 53.9 Å². The van der Waals surface area contributed by atoms with Gasteiger partial charge < -0.3 is 9.97 Å². The molecule has 0 atom stereocenters. The Morgan fingerprint density at radius 3 is 0.915 bits per heavy atom. The maximum atomic E-state index is 13.9. The minimum Gasteiger partial charge on any atom is 0 e. The summed E-state index contributed by atoms with van der Waals surface area (Å²) in [5.41, 5.74) is -2.29. The van der Waals surface area contributed by atoms with Crippen LogP contribution in [0.15, 0.2) is 153 Å². The van der Waals surface area contributed by atoms with Gasteiger partial charge in [0.15, 0.2) is 46.5 Å². The summed E-state index contributed by atoms with van der Waals surface area (Å²) in [6, 6.07) is 36.0. The molecule has 8 rings (SSSR count). The Morgan fingerprint density at radius 2 is 0.648 bits per heavy atom. The fourth-order valence-corrected chi connectivity index (χ4v) is 6.64. The van der Waals surface area contributed by atoms with E-state index in [0.29, 0.717) is 34.7 Å². The number of nitrogens with zero attached hydrogens (tertiary/aromatic N) is 2. The van der Waals surface area contributed by atoms with E-state index in [2.05, 4.69) is 36.0 Å². The summed E-state index contributed by atoms with van der Waals surface area (Å²) in [6.45, 7) is 0. The maximum absolute atomic E-state index is 13.9. The predicted molar refractivity (Wildman–Crippen MR) is 239 cm³/mol. The smallest absolute Gasteiger partial charge is 0 e. The molecule has 2 heterocycles. The number of rotatable bonds is 10. The molecule has 20 heteroatoms. The number of halogens is 10. The molecule has 6 aromatic carbocycles. The van der Waals surface area contributed by atoms with Gasteiger partial charge in [-0.15, -0.1) is 0 Å². The van der Waals surface area contributed by atoms with Crippen LogP contribution in [0.1, 0.15) is 20.7 Å². The van der Waals surface area contributed by atoms with Crippen molar-refractivity contribution in [3.8, 4) is 44.8 Å².